The molecule has 0 unspecified atom stereocenters. The second kappa shape index (κ2) is 9.99. The number of rotatable bonds is 7. The summed E-state index contributed by atoms with van der Waals surface area (Å²) in [6, 6.07) is 9.25. The van der Waals surface area contributed by atoms with Crippen molar-refractivity contribution in [3.05, 3.63) is 68.6 Å². The summed E-state index contributed by atoms with van der Waals surface area (Å²) in [6.07, 6.45) is 1.66. The number of benzene rings is 1. The third-order valence-corrected chi connectivity index (χ3v) is 7.26. The second-order valence-electron chi connectivity index (χ2n) is 7.29. The number of nitrogens with zero attached hydrogens (tertiary/aromatic N) is 4. The molecular weight excluding hydrogens is 452 g/mol. The summed E-state index contributed by atoms with van der Waals surface area (Å²) in [5, 5.41) is 3.62. The van der Waals surface area contributed by atoms with Crippen molar-refractivity contribution in [2.75, 3.05) is 31.9 Å². The van der Waals surface area contributed by atoms with Crippen LogP contribution in [0, 0.1) is 0 Å². The molecule has 1 aliphatic rings. The van der Waals surface area contributed by atoms with Crippen molar-refractivity contribution in [2.24, 2.45) is 0 Å². The molecule has 4 rings (SSSR count). The van der Waals surface area contributed by atoms with Gasteiger partial charge in [0.05, 0.1) is 16.7 Å². The topological polar surface area (TPSA) is 58.4 Å². The molecule has 0 N–H and O–H groups in total. The van der Waals surface area contributed by atoms with Crippen LogP contribution < -0.4 is 5.56 Å². The molecule has 0 spiro atoms. The van der Waals surface area contributed by atoms with E-state index in [0.29, 0.717) is 40.7 Å². The average molecular weight is 475 g/mol. The third-order valence-electron chi connectivity index (χ3n) is 5.20. The molecule has 9 heteroatoms. The van der Waals surface area contributed by atoms with Gasteiger partial charge in [-0.15, -0.1) is 17.9 Å². The van der Waals surface area contributed by atoms with Gasteiger partial charge in [-0.3, -0.25) is 19.1 Å². The number of fused-ring (bicyclic) bond motifs is 1. The number of carbonyl (C=O) groups is 1. The fourth-order valence-corrected chi connectivity index (χ4v) is 5.39. The van der Waals surface area contributed by atoms with Crippen LogP contribution in [0.3, 0.4) is 0 Å². The van der Waals surface area contributed by atoms with E-state index in [-0.39, 0.29) is 17.2 Å². The highest BCUT2D eigenvalue weighted by molar-refractivity contribution is 7.99. The van der Waals surface area contributed by atoms with Crippen LogP contribution in [0.5, 0.6) is 0 Å². The Morgan fingerprint density at radius 2 is 2.06 bits per heavy atom. The van der Waals surface area contributed by atoms with E-state index in [4.69, 9.17) is 11.6 Å². The minimum Gasteiger partial charge on any atom is -0.339 e. The van der Waals surface area contributed by atoms with E-state index < -0.39 is 0 Å². The van der Waals surface area contributed by atoms with Gasteiger partial charge in [-0.2, -0.15) is 0 Å². The Bertz CT molecular complexity index is 1140. The molecule has 3 aromatic rings. The summed E-state index contributed by atoms with van der Waals surface area (Å²) in [4.78, 5) is 35.9. The molecule has 3 heterocycles. The van der Waals surface area contributed by atoms with E-state index in [1.54, 1.807) is 40.2 Å². The van der Waals surface area contributed by atoms with Gasteiger partial charge in [-0.05, 0) is 29.6 Å². The third kappa shape index (κ3) is 5.20. The minimum absolute atomic E-state index is 0.0615. The molecule has 1 aromatic carbocycles. The summed E-state index contributed by atoms with van der Waals surface area (Å²) in [7, 11) is 0. The van der Waals surface area contributed by atoms with Crippen molar-refractivity contribution in [3.8, 4) is 0 Å². The van der Waals surface area contributed by atoms with Gasteiger partial charge in [0.1, 0.15) is 0 Å². The molecule has 6 nitrogen and oxygen atoms in total. The Labute approximate surface area is 194 Å². The summed E-state index contributed by atoms with van der Waals surface area (Å²) in [6.45, 7) is 8.16. The molecule has 2 aromatic heterocycles. The number of aromatic nitrogens is 2. The maximum absolute atomic E-state index is 12.9. The van der Waals surface area contributed by atoms with Crippen LogP contribution in [0.2, 0.25) is 5.02 Å². The lowest BCUT2D eigenvalue weighted by atomic mass is 10.2. The van der Waals surface area contributed by atoms with Crippen LogP contribution >= 0.6 is 34.7 Å². The van der Waals surface area contributed by atoms with Gasteiger partial charge in [0.2, 0.25) is 5.91 Å². The summed E-state index contributed by atoms with van der Waals surface area (Å²) in [5.74, 6) is 0.298. The van der Waals surface area contributed by atoms with Crippen LogP contribution in [-0.2, 0) is 17.9 Å². The number of amides is 1. The zero-order valence-corrected chi connectivity index (χ0v) is 19.4. The average Bonchev–Trinajstić information content (AvgIpc) is 3.27. The first-order valence-electron chi connectivity index (χ1n) is 10.0. The first-order chi connectivity index (χ1) is 15.0. The smallest absolute Gasteiger partial charge is 0.262 e. The van der Waals surface area contributed by atoms with Gasteiger partial charge in [0.15, 0.2) is 5.16 Å². The second-order valence-corrected chi connectivity index (χ2v) is 9.70. The number of hydrogen-bond acceptors (Lipinski definition) is 6. The molecule has 0 radical (unpaired) electrons. The van der Waals surface area contributed by atoms with Crippen LogP contribution in [0.4, 0.5) is 0 Å². The molecule has 1 fully saturated rings. The molecule has 31 heavy (non-hydrogen) atoms. The quantitative estimate of drug-likeness (QED) is 0.296. The highest BCUT2D eigenvalue weighted by Gasteiger charge is 2.22. The zero-order valence-electron chi connectivity index (χ0n) is 17.0. The van der Waals surface area contributed by atoms with Crippen molar-refractivity contribution in [3.63, 3.8) is 0 Å². The van der Waals surface area contributed by atoms with E-state index in [1.165, 1.54) is 16.6 Å². The lowest BCUT2D eigenvalue weighted by Crippen LogP contribution is -2.48. The molecule has 0 aliphatic carbocycles. The summed E-state index contributed by atoms with van der Waals surface area (Å²) >= 11 is 9.12. The van der Waals surface area contributed by atoms with Gasteiger partial charge in [0, 0.05) is 49.2 Å². The predicted octanol–water partition coefficient (Wildman–Crippen LogP) is 3.73. The molecule has 0 atom stereocenters. The fraction of sp³-hybridized carbons (Fsp3) is 0.318. The maximum Gasteiger partial charge on any atom is 0.262 e. The Morgan fingerprint density at radius 1 is 1.26 bits per heavy atom. The molecular formula is C22H23ClN4O2S2. The highest BCUT2D eigenvalue weighted by atomic mass is 35.5. The van der Waals surface area contributed by atoms with Crippen LogP contribution in [-0.4, -0.2) is 57.2 Å². The van der Waals surface area contributed by atoms with Crippen molar-refractivity contribution in [1.29, 1.82) is 0 Å². The predicted molar refractivity (Wildman–Crippen MR) is 128 cm³/mol. The number of halogens is 1. The molecule has 162 valence electrons. The van der Waals surface area contributed by atoms with Gasteiger partial charge in [-0.25, -0.2) is 4.98 Å². The number of thiophene rings is 1. The number of piperazine rings is 1. The van der Waals surface area contributed by atoms with Gasteiger partial charge in [0.25, 0.3) is 5.56 Å². The number of hydrogen-bond donors (Lipinski definition) is 0. The van der Waals surface area contributed by atoms with Crippen LogP contribution in [0.1, 0.15) is 4.88 Å². The molecule has 1 saturated heterocycles. The first-order valence-corrected chi connectivity index (χ1v) is 12.3. The Balaban J connectivity index is 1.41. The largest absolute Gasteiger partial charge is 0.339 e. The van der Waals surface area contributed by atoms with Crippen molar-refractivity contribution < 1.29 is 4.79 Å². The Hall–Kier alpha value is -2.13. The molecule has 1 aliphatic heterocycles. The van der Waals surface area contributed by atoms with Gasteiger partial charge in [-0.1, -0.05) is 35.5 Å². The lowest BCUT2D eigenvalue weighted by Gasteiger charge is -2.34. The number of carbonyl (C=O) groups excluding carboxylic acids is 1. The fourth-order valence-electron chi connectivity index (χ4n) is 3.57. The molecule has 0 bridgehead atoms. The standard InChI is InChI=1S/C22H23ClN4O2S2/c1-2-7-27-21(29)18-6-5-16(23)13-19(18)24-22(27)31-15-20(28)26-10-8-25(9-11-26)14-17-4-3-12-30-17/h2-6,12-13H,1,7-11,14-15H2. The van der Waals surface area contributed by atoms with Crippen LogP contribution in [0.25, 0.3) is 10.9 Å². The van der Waals surface area contributed by atoms with Crippen molar-refractivity contribution in [1.82, 2.24) is 19.4 Å². The number of thioether (sulfide) groups is 1. The molecule has 0 saturated carbocycles. The monoisotopic (exact) mass is 474 g/mol. The van der Waals surface area contributed by atoms with E-state index >= 15 is 0 Å². The van der Waals surface area contributed by atoms with Crippen molar-refractivity contribution >= 4 is 51.5 Å². The SMILES string of the molecule is C=CCn1c(SCC(=O)N2CCN(Cc3cccs3)CC2)nc2cc(Cl)ccc2c1=O. The van der Waals surface area contributed by atoms with Gasteiger partial charge >= 0.3 is 0 Å². The van der Waals surface area contributed by atoms with Crippen molar-refractivity contribution in [2.45, 2.75) is 18.2 Å². The molecule has 1 amide bonds. The zero-order chi connectivity index (χ0) is 21.8. The Kier molecular flexibility index (Phi) is 7.12. The summed E-state index contributed by atoms with van der Waals surface area (Å²) in [5.41, 5.74) is 0.383. The first kappa shape index (κ1) is 22.1. The minimum atomic E-state index is -0.154. The maximum atomic E-state index is 12.9. The highest BCUT2D eigenvalue weighted by Crippen LogP contribution is 2.21. The van der Waals surface area contributed by atoms with Crippen LogP contribution in [0.15, 0.2) is 58.3 Å². The van der Waals surface area contributed by atoms with E-state index in [2.05, 4.69) is 34.0 Å². The van der Waals surface area contributed by atoms with E-state index in [9.17, 15) is 9.59 Å². The van der Waals surface area contributed by atoms with Gasteiger partial charge < -0.3 is 4.90 Å². The Morgan fingerprint density at radius 3 is 2.77 bits per heavy atom. The number of allylic oxidation sites excluding steroid dienone is 1. The van der Waals surface area contributed by atoms with E-state index in [1.807, 2.05) is 4.90 Å². The summed E-state index contributed by atoms with van der Waals surface area (Å²) < 4.78 is 1.56. The lowest BCUT2D eigenvalue weighted by molar-refractivity contribution is -0.130. The normalized spacial score (nSPS) is 14.8. The van der Waals surface area contributed by atoms with E-state index in [0.717, 1.165) is 19.6 Å².